The van der Waals surface area contributed by atoms with Crippen LogP contribution in [-0.4, -0.2) is 13.0 Å². The first-order chi connectivity index (χ1) is 9.79. The third-order valence-corrected chi connectivity index (χ3v) is 4.02. The summed E-state index contributed by atoms with van der Waals surface area (Å²) in [6.45, 7) is 3.42. The predicted octanol–water partition coefficient (Wildman–Crippen LogP) is 0.552. The second kappa shape index (κ2) is 7.34. The average molecular weight is 328 g/mol. The average Bonchev–Trinajstić information content (AvgIpc) is 2.38. The van der Waals surface area contributed by atoms with Crippen LogP contribution in [0, 0.1) is 13.8 Å². The maximum Gasteiger partial charge on any atom is 1.00 e. The minimum absolute atomic E-state index is 0. The van der Waals surface area contributed by atoms with Gasteiger partial charge in [-0.1, -0.05) is 6.07 Å². The van der Waals surface area contributed by atoms with Gasteiger partial charge in [0.15, 0.2) is 0 Å². The van der Waals surface area contributed by atoms with Gasteiger partial charge in [-0.3, -0.25) is 4.55 Å². The molecule has 3 N–H and O–H groups in total. The van der Waals surface area contributed by atoms with E-state index in [1.165, 1.54) is 12.1 Å². The maximum absolute atomic E-state index is 11.2. The van der Waals surface area contributed by atoms with Crippen LogP contribution in [0.5, 0.6) is 0 Å². The van der Waals surface area contributed by atoms with E-state index in [1.54, 1.807) is 31.2 Å². The van der Waals surface area contributed by atoms with Crippen molar-refractivity contribution in [3.63, 3.8) is 0 Å². The SMILES string of the molecule is Cc1cc(N)ccc1N=Nc1cccc(S(=O)(=O)O)c1C.[Na+]. The molecule has 0 aromatic heterocycles. The fraction of sp³-hybridized carbons (Fsp3) is 0.143. The number of nitrogen functional groups attached to an aromatic ring is 1. The van der Waals surface area contributed by atoms with Gasteiger partial charge in [-0.05, 0) is 55.3 Å². The maximum atomic E-state index is 11.2. The summed E-state index contributed by atoms with van der Waals surface area (Å²) in [7, 11) is -4.27. The van der Waals surface area contributed by atoms with Gasteiger partial charge in [0.1, 0.15) is 0 Å². The molecule has 0 aliphatic carbocycles. The molecule has 6 nitrogen and oxygen atoms in total. The number of nitrogens with two attached hydrogens (primary N) is 1. The molecule has 0 fully saturated rings. The van der Waals surface area contributed by atoms with Crippen LogP contribution in [0.3, 0.4) is 0 Å². The van der Waals surface area contributed by atoms with E-state index in [2.05, 4.69) is 10.2 Å². The number of hydrogen-bond acceptors (Lipinski definition) is 5. The normalized spacial score (nSPS) is 11.4. The molecule has 0 heterocycles. The second-order valence-corrected chi connectivity index (χ2v) is 6.01. The summed E-state index contributed by atoms with van der Waals surface area (Å²) in [5.74, 6) is 0. The van der Waals surface area contributed by atoms with Crippen molar-refractivity contribution in [2.75, 3.05) is 5.73 Å². The number of hydrogen-bond donors (Lipinski definition) is 2. The monoisotopic (exact) mass is 328 g/mol. The van der Waals surface area contributed by atoms with E-state index in [0.29, 0.717) is 22.6 Å². The third-order valence-electron chi connectivity index (χ3n) is 3.02. The van der Waals surface area contributed by atoms with Gasteiger partial charge < -0.3 is 5.73 Å². The van der Waals surface area contributed by atoms with E-state index in [1.807, 2.05) is 6.92 Å². The number of aryl methyl sites for hydroxylation is 1. The summed E-state index contributed by atoms with van der Waals surface area (Å²) in [5.41, 5.74) is 8.52. The Kier molecular flexibility index (Phi) is 6.27. The van der Waals surface area contributed by atoms with Crippen molar-refractivity contribution in [2.45, 2.75) is 18.7 Å². The molecule has 8 heteroatoms. The molecule has 0 radical (unpaired) electrons. The van der Waals surface area contributed by atoms with E-state index >= 15 is 0 Å². The zero-order chi connectivity index (χ0) is 15.6. The summed E-state index contributed by atoms with van der Waals surface area (Å²) in [6, 6.07) is 9.66. The Morgan fingerprint density at radius 3 is 2.27 bits per heavy atom. The van der Waals surface area contributed by atoms with Crippen LogP contribution < -0.4 is 35.3 Å². The molecule has 0 atom stereocenters. The van der Waals surface area contributed by atoms with Gasteiger partial charge in [0.2, 0.25) is 0 Å². The molecule has 2 aromatic carbocycles. The molecule has 22 heavy (non-hydrogen) atoms. The number of anilines is 1. The fourth-order valence-electron chi connectivity index (χ4n) is 1.89. The molecule has 0 saturated carbocycles. The molecular formula is C14H15N3NaO3S+. The van der Waals surface area contributed by atoms with Crippen LogP contribution in [0.15, 0.2) is 51.5 Å². The number of azo groups is 1. The van der Waals surface area contributed by atoms with Crippen LogP contribution in [0.1, 0.15) is 11.1 Å². The smallest absolute Gasteiger partial charge is 0.399 e. The first-order valence-corrected chi connectivity index (χ1v) is 7.58. The second-order valence-electron chi connectivity index (χ2n) is 4.62. The largest absolute Gasteiger partial charge is 1.00 e. The number of benzene rings is 2. The van der Waals surface area contributed by atoms with Gasteiger partial charge in [0.25, 0.3) is 10.1 Å². The first kappa shape index (κ1) is 18.8. The molecule has 0 aliphatic rings. The minimum Gasteiger partial charge on any atom is -0.399 e. The molecule has 0 spiro atoms. The van der Waals surface area contributed by atoms with E-state index in [-0.39, 0.29) is 34.5 Å². The van der Waals surface area contributed by atoms with E-state index in [9.17, 15) is 8.42 Å². The molecule has 0 aliphatic heterocycles. The van der Waals surface area contributed by atoms with Crippen molar-refractivity contribution >= 4 is 27.2 Å². The van der Waals surface area contributed by atoms with E-state index in [4.69, 9.17) is 10.3 Å². The van der Waals surface area contributed by atoms with Gasteiger partial charge in [0.05, 0.1) is 16.3 Å². The number of rotatable bonds is 3. The van der Waals surface area contributed by atoms with E-state index in [0.717, 1.165) is 5.56 Å². The van der Waals surface area contributed by atoms with Crippen LogP contribution in [0.2, 0.25) is 0 Å². The Bertz CT molecular complexity index is 820. The zero-order valence-corrected chi connectivity index (χ0v) is 15.4. The quantitative estimate of drug-likeness (QED) is 0.371. The van der Waals surface area contributed by atoms with Gasteiger partial charge >= 0.3 is 29.6 Å². The van der Waals surface area contributed by atoms with Gasteiger partial charge in [-0.2, -0.15) is 18.6 Å². The summed E-state index contributed by atoms with van der Waals surface area (Å²) >= 11 is 0. The Labute approximate surface area is 151 Å². The molecule has 0 saturated heterocycles. The van der Waals surface area contributed by atoms with Crippen molar-refractivity contribution in [1.82, 2.24) is 0 Å². The summed E-state index contributed by atoms with van der Waals surface area (Å²) in [6.07, 6.45) is 0. The Morgan fingerprint density at radius 2 is 1.68 bits per heavy atom. The molecule has 2 aromatic rings. The van der Waals surface area contributed by atoms with Crippen LogP contribution in [0.25, 0.3) is 0 Å². The zero-order valence-electron chi connectivity index (χ0n) is 12.6. The fourth-order valence-corrected chi connectivity index (χ4v) is 2.63. The molecule has 2 rings (SSSR count). The van der Waals surface area contributed by atoms with Crippen LogP contribution >= 0.6 is 0 Å². The Morgan fingerprint density at radius 1 is 1.05 bits per heavy atom. The van der Waals surface area contributed by atoms with Gasteiger partial charge in [-0.15, -0.1) is 0 Å². The standard InChI is InChI=1S/C14H15N3O3S.Na/c1-9-8-11(15)6-7-12(9)16-17-13-4-3-5-14(10(13)2)21(18,19)20;/h3-8H,15H2,1-2H3,(H,18,19,20);/q;+1. The van der Waals surface area contributed by atoms with Crippen molar-refractivity contribution in [3.05, 3.63) is 47.5 Å². The van der Waals surface area contributed by atoms with Gasteiger partial charge in [0, 0.05) is 5.69 Å². The van der Waals surface area contributed by atoms with Gasteiger partial charge in [-0.25, -0.2) is 0 Å². The molecular weight excluding hydrogens is 313 g/mol. The van der Waals surface area contributed by atoms with Crippen molar-refractivity contribution in [2.24, 2.45) is 10.2 Å². The van der Waals surface area contributed by atoms with Crippen molar-refractivity contribution in [3.8, 4) is 0 Å². The summed E-state index contributed by atoms with van der Waals surface area (Å²) < 4.78 is 31.6. The molecule has 110 valence electrons. The van der Waals surface area contributed by atoms with Crippen molar-refractivity contribution in [1.29, 1.82) is 0 Å². The van der Waals surface area contributed by atoms with E-state index < -0.39 is 10.1 Å². The number of nitrogens with zero attached hydrogens (tertiary/aromatic N) is 2. The Hall–Kier alpha value is -1.25. The third kappa shape index (κ3) is 4.37. The minimum atomic E-state index is -4.27. The predicted molar refractivity (Wildman–Crippen MR) is 80.8 cm³/mol. The first-order valence-electron chi connectivity index (χ1n) is 6.14. The van der Waals surface area contributed by atoms with Crippen molar-refractivity contribution < 1.29 is 42.5 Å². The molecule has 0 bridgehead atoms. The van der Waals surface area contributed by atoms with Crippen LogP contribution in [-0.2, 0) is 10.1 Å². The Balaban J connectivity index is 0.00000242. The van der Waals surface area contributed by atoms with Crippen LogP contribution in [0.4, 0.5) is 17.1 Å². The summed E-state index contributed by atoms with van der Waals surface area (Å²) in [4.78, 5) is -0.173. The summed E-state index contributed by atoms with van der Waals surface area (Å²) in [5, 5.41) is 8.14. The molecule has 0 amide bonds. The molecule has 0 unspecified atom stereocenters. The topological polar surface area (TPSA) is 105 Å².